The summed E-state index contributed by atoms with van der Waals surface area (Å²) in [5.74, 6) is -1.44. The van der Waals surface area contributed by atoms with Gasteiger partial charge in [-0.25, -0.2) is 4.79 Å². The van der Waals surface area contributed by atoms with E-state index < -0.39 is 17.3 Å². The summed E-state index contributed by atoms with van der Waals surface area (Å²) in [7, 11) is 0. The maximum absolute atomic E-state index is 11.6. The first-order valence-electron chi connectivity index (χ1n) is 7.33. The second-order valence-corrected chi connectivity index (χ2v) is 6.12. The Kier molecular flexibility index (Phi) is 5.82. The Labute approximate surface area is 141 Å². The van der Waals surface area contributed by atoms with Gasteiger partial charge in [-0.05, 0) is 23.6 Å². The van der Waals surface area contributed by atoms with Crippen molar-refractivity contribution < 1.29 is 14.7 Å². The highest BCUT2D eigenvalue weighted by Gasteiger charge is 2.21. The van der Waals surface area contributed by atoms with Gasteiger partial charge in [0.05, 0.1) is 5.25 Å². The van der Waals surface area contributed by atoms with E-state index in [1.807, 2.05) is 54.6 Å². The second kappa shape index (κ2) is 7.83. The fourth-order valence-corrected chi connectivity index (χ4v) is 2.27. The summed E-state index contributed by atoms with van der Waals surface area (Å²) >= 11 is 4.01. The lowest BCUT2D eigenvalue weighted by molar-refractivity contribution is -0.141. The van der Waals surface area contributed by atoms with Crippen molar-refractivity contribution in [3.63, 3.8) is 0 Å². The Morgan fingerprint density at radius 2 is 1.61 bits per heavy atom. The zero-order valence-corrected chi connectivity index (χ0v) is 13.7. The number of hydrogen-bond acceptors (Lipinski definition) is 3. The maximum Gasteiger partial charge on any atom is 0.326 e. The predicted molar refractivity (Wildman–Crippen MR) is 93.6 cm³/mol. The number of aliphatic carboxylic acids is 1. The molecule has 23 heavy (non-hydrogen) atoms. The van der Waals surface area contributed by atoms with Crippen LogP contribution in [0.15, 0.2) is 54.6 Å². The average molecular weight is 329 g/mol. The second-order valence-electron chi connectivity index (χ2n) is 5.34. The van der Waals surface area contributed by atoms with Crippen molar-refractivity contribution in [1.82, 2.24) is 5.32 Å². The summed E-state index contributed by atoms with van der Waals surface area (Å²) in [5.41, 5.74) is 3.02. The number of thiol groups is 1. The topological polar surface area (TPSA) is 66.4 Å². The Bertz CT molecular complexity index is 668. The summed E-state index contributed by atoms with van der Waals surface area (Å²) in [6.07, 6.45) is 0.233. The summed E-state index contributed by atoms with van der Waals surface area (Å²) < 4.78 is 0. The first kappa shape index (κ1) is 17.1. The third kappa shape index (κ3) is 4.86. The lowest BCUT2D eigenvalue weighted by Crippen LogP contribution is -2.44. The highest BCUT2D eigenvalue weighted by Crippen LogP contribution is 2.19. The molecule has 0 spiro atoms. The number of carboxylic acids is 1. The lowest BCUT2D eigenvalue weighted by atomic mass is 10.0. The van der Waals surface area contributed by atoms with Gasteiger partial charge in [0, 0.05) is 6.42 Å². The van der Waals surface area contributed by atoms with Crippen LogP contribution in [0.3, 0.4) is 0 Å². The van der Waals surface area contributed by atoms with E-state index in [1.165, 1.54) is 0 Å². The first-order chi connectivity index (χ1) is 11.0. The van der Waals surface area contributed by atoms with Crippen LogP contribution in [0, 0.1) is 0 Å². The van der Waals surface area contributed by atoms with Crippen LogP contribution in [-0.2, 0) is 16.0 Å². The van der Waals surface area contributed by atoms with Gasteiger partial charge in [-0.1, -0.05) is 54.6 Å². The van der Waals surface area contributed by atoms with Crippen molar-refractivity contribution in [3.05, 3.63) is 60.2 Å². The normalized spacial score (nSPS) is 13.1. The highest BCUT2D eigenvalue weighted by atomic mass is 32.1. The molecule has 4 nitrogen and oxygen atoms in total. The van der Waals surface area contributed by atoms with Gasteiger partial charge < -0.3 is 10.4 Å². The minimum atomic E-state index is -1.06. The van der Waals surface area contributed by atoms with Gasteiger partial charge in [0.2, 0.25) is 5.91 Å². The van der Waals surface area contributed by atoms with Gasteiger partial charge in [0.15, 0.2) is 0 Å². The molecule has 0 heterocycles. The zero-order chi connectivity index (χ0) is 16.8. The maximum atomic E-state index is 11.6. The molecule has 2 rings (SSSR count). The molecular formula is C18H19NO3S. The molecule has 2 aromatic carbocycles. The van der Waals surface area contributed by atoms with E-state index >= 15 is 0 Å². The SMILES string of the molecule is C[C@H](S)C(=O)N[C@@H](Cc1ccc(-c2ccccc2)cc1)C(=O)O. The monoisotopic (exact) mass is 329 g/mol. The molecule has 0 unspecified atom stereocenters. The molecule has 0 aliphatic rings. The van der Waals surface area contributed by atoms with Crippen molar-refractivity contribution in [1.29, 1.82) is 0 Å². The van der Waals surface area contributed by atoms with Gasteiger partial charge in [-0.2, -0.15) is 12.6 Å². The Morgan fingerprint density at radius 1 is 1.04 bits per heavy atom. The molecule has 0 aliphatic carbocycles. The summed E-state index contributed by atoms with van der Waals surface area (Å²) in [5, 5.41) is 11.2. The fourth-order valence-electron chi connectivity index (χ4n) is 2.19. The van der Waals surface area contributed by atoms with E-state index in [0.29, 0.717) is 0 Å². The van der Waals surface area contributed by atoms with Crippen molar-refractivity contribution in [2.45, 2.75) is 24.6 Å². The zero-order valence-electron chi connectivity index (χ0n) is 12.8. The number of amides is 1. The van der Waals surface area contributed by atoms with Gasteiger partial charge >= 0.3 is 5.97 Å². The molecule has 5 heteroatoms. The van der Waals surface area contributed by atoms with Gasteiger partial charge in [-0.15, -0.1) is 0 Å². The molecule has 0 radical (unpaired) electrons. The first-order valence-corrected chi connectivity index (χ1v) is 7.84. The van der Waals surface area contributed by atoms with Crippen LogP contribution in [-0.4, -0.2) is 28.3 Å². The molecule has 0 aromatic heterocycles. The standard InChI is InChI=1S/C18H19NO3S/c1-12(23)17(20)19-16(18(21)22)11-13-7-9-15(10-8-13)14-5-3-2-4-6-14/h2-10,12,16,23H,11H2,1H3,(H,19,20)(H,21,22)/t12-,16-/m0/s1. The quantitative estimate of drug-likeness (QED) is 0.714. The third-order valence-corrected chi connectivity index (χ3v) is 3.73. The van der Waals surface area contributed by atoms with E-state index in [9.17, 15) is 14.7 Å². The van der Waals surface area contributed by atoms with Crippen LogP contribution < -0.4 is 5.32 Å². The van der Waals surface area contributed by atoms with E-state index in [2.05, 4.69) is 17.9 Å². The molecule has 0 saturated heterocycles. The van der Waals surface area contributed by atoms with E-state index in [1.54, 1.807) is 6.92 Å². The molecule has 2 aromatic rings. The molecule has 2 atom stereocenters. The third-order valence-electron chi connectivity index (χ3n) is 3.49. The highest BCUT2D eigenvalue weighted by molar-refractivity contribution is 7.81. The fraction of sp³-hybridized carbons (Fsp3) is 0.222. The Balaban J connectivity index is 2.09. The van der Waals surface area contributed by atoms with Gasteiger partial charge in [0.1, 0.15) is 6.04 Å². The van der Waals surface area contributed by atoms with Crippen molar-refractivity contribution in [3.8, 4) is 11.1 Å². The minimum Gasteiger partial charge on any atom is -0.480 e. The number of carbonyl (C=O) groups is 2. The molecule has 0 saturated carbocycles. The molecule has 2 N–H and O–H groups in total. The molecule has 0 bridgehead atoms. The van der Waals surface area contributed by atoms with Crippen LogP contribution >= 0.6 is 12.6 Å². The van der Waals surface area contributed by atoms with Crippen LogP contribution in [0.5, 0.6) is 0 Å². The summed E-state index contributed by atoms with van der Waals surface area (Å²) in [6, 6.07) is 16.6. The van der Waals surface area contributed by atoms with E-state index in [-0.39, 0.29) is 12.3 Å². The largest absolute Gasteiger partial charge is 0.480 e. The summed E-state index contributed by atoms with van der Waals surface area (Å²) in [6.45, 7) is 1.60. The molecule has 0 aliphatic heterocycles. The van der Waals surface area contributed by atoms with Crippen LogP contribution in [0.1, 0.15) is 12.5 Å². The lowest BCUT2D eigenvalue weighted by Gasteiger charge is -2.16. The number of hydrogen-bond donors (Lipinski definition) is 3. The molecular weight excluding hydrogens is 310 g/mol. The molecule has 0 fully saturated rings. The van der Waals surface area contributed by atoms with E-state index in [4.69, 9.17) is 0 Å². The predicted octanol–water partition coefficient (Wildman–Crippen LogP) is 2.78. The van der Waals surface area contributed by atoms with Crippen LogP contribution in [0.25, 0.3) is 11.1 Å². The number of benzene rings is 2. The summed E-state index contributed by atoms with van der Waals surface area (Å²) in [4.78, 5) is 22.9. The van der Waals surface area contributed by atoms with E-state index in [0.717, 1.165) is 16.7 Å². The Hall–Kier alpha value is -2.27. The van der Waals surface area contributed by atoms with Gasteiger partial charge in [0.25, 0.3) is 0 Å². The average Bonchev–Trinajstić information content (AvgIpc) is 2.55. The smallest absolute Gasteiger partial charge is 0.326 e. The number of rotatable bonds is 6. The van der Waals surface area contributed by atoms with Crippen molar-refractivity contribution >= 4 is 24.5 Å². The van der Waals surface area contributed by atoms with Crippen LogP contribution in [0.4, 0.5) is 0 Å². The van der Waals surface area contributed by atoms with Crippen LogP contribution in [0.2, 0.25) is 0 Å². The molecule has 120 valence electrons. The van der Waals surface area contributed by atoms with Crippen molar-refractivity contribution in [2.75, 3.05) is 0 Å². The number of carboxylic acid groups (broad SMARTS) is 1. The number of carbonyl (C=O) groups excluding carboxylic acids is 1. The number of nitrogens with one attached hydrogen (secondary N) is 1. The van der Waals surface area contributed by atoms with Crippen molar-refractivity contribution in [2.24, 2.45) is 0 Å². The molecule has 1 amide bonds. The van der Waals surface area contributed by atoms with Gasteiger partial charge in [-0.3, -0.25) is 4.79 Å². The minimum absolute atomic E-state index is 0.233. The Morgan fingerprint density at radius 3 is 2.13 bits per heavy atom.